The van der Waals surface area contributed by atoms with Crippen LogP contribution in [0.4, 0.5) is 4.79 Å². The third-order valence-corrected chi connectivity index (χ3v) is 9.01. The molecule has 4 amide bonds. The lowest BCUT2D eigenvalue weighted by atomic mass is 10.1. The molecule has 5 atom stereocenters. The van der Waals surface area contributed by atoms with E-state index in [2.05, 4.69) is 22.5 Å². The summed E-state index contributed by atoms with van der Waals surface area (Å²) in [5.74, 6) is -2.61. The number of pyridine rings is 1. The Morgan fingerprint density at radius 3 is 2.47 bits per heavy atom. The molecule has 1 saturated heterocycles. The van der Waals surface area contributed by atoms with Crippen molar-refractivity contribution in [3.8, 4) is 22.8 Å². The fourth-order valence-electron chi connectivity index (χ4n) is 6.29. The van der Waals surface area contributed by atoms with Gasteiger partial charge in [-0.3, -0.25) is 14.4 Å². The molecule has 2 aliphatic rings. The van der Waals surface area contributed by atoms with E-state index in [0.717, 1.165) is 5.56 Å². The fraction of sp³-hybridized carbons (Fsp3) is 0.385. The molecule has 0 spiro atoms. The molecule has 4 N–H and O–H groups in total. The number of alkyl carbamates (subject to hydrolysis) is 1. The van der Waals surface area contributed by atoms with Gasteiger partial charge in [-0.2, -0.15) is 0 Å². The van der Waals surface area contributed by atoms with Gasteiger partial charge in [0.25, 0.3) is 0 Å². The van der Waals surface area contributed by atoms with Gasteiger partial charge in [0.1, 0.15) is 40.8 Å². The molecule has 280 valence electrons. The first kappa shape index (κ1) is 38.3. The number of hydrogen-bond donors (Lipinski definition) is 4. The summed E-state index contributed by atoms with van der Waals surface area (Å²) in [6, 6.07) is 14.1. The number of carbonyl (C=O) groups excluding carboxylic acids is 4. The maximum absolute atomic E-state index is 14.4. The topological polar surface area (TPSA) is 185 Å². The Balaban J connectivity index is 1.50. The molecule has 0 bridgehead atoms. The van der Waals surface area contributed by atoms with E-state index in [-0.39, 0.29) is 25.9 Å². The molecule has 1 aliphatic heterocycles. The zero-order valence-corrected chi connectivity index (χ0v) is 30.4. The van der Waals surface area contributed by atoms with Crippen LogP contribution in [0.3, 0.4) is 0 Å². The summed E-state index contributed by atoms with van der Waals surface area (Å²) in [6.07, 6.45) is 2.71. The van der Waals surface area contributed by atoms with Crippen molar-refractivity contribution in [2.45, 2.75) is 69.9 Å². The molecule has 0 unspecified atom stereocenters. The number of nitrogens with one attached hydrogen (secondary N) is 3. The number of likely N-dealkylation sites (tertiary alicyclic amines) is 1. The van der Waals surface area contributed by atoms with Crippen LogP contribution >= 0.6 is 0 Å². The van der Waals surface area contributed by atoms with Crippen molar-refractivity contribution >= 4 is 40.7 Å². The van der Waals surface area contributed by atoms with E-state index in [1.54, 1.807) is 59.1 Å². The van der Waals surface area contributed by atoms with Crippen molar-refractivity contribution in [2.75, 3.05) is 20.2 Å². The summed E-state index contributed by atoms with van der Waals surface area (Å²) in [7, 11) is 1.55. The monoisotopic (exact) mass is 727 g/mol. The van der Waals surface area contributed by atoms with E-state index < -0.39 is 65.0 Å². The lowest BCUT2D eigenvalue weighted by molar-refractivity contribution is -0.145. The average Bonchev–Trinajstić information content (AvgIpc) is 3.68. The van der Waals surface area contributed by atoms with E-state index in [1.807, 2.05) is 30.3 Å². The maximum atomic E-state index is 14.4. The Morgan fingerprint density at radius 2 is 1.85 bits per heavy atom. The van der Waals surface area contributed by atoms with Crippen molar-refractivity contribution in [1.82, 2.24) is 25.8 Å². The minimum atomic E-state index is -1.56. The number of allylic oxidation sites excluding steroid dienone is 1. The van der Waals surface area contributed by atoms with Gasteiger partial charge in [-0.25, -0.2) is 14.6 Å². The van der Waals surface area contributed by atoms with E-state index in [0.29, 0.717) is 28.1 Å². The number of aliphatic carboxylic acids is 1. The molecule has 1 aromatic heterocycles. The van der Waals surface area contributed by atoms with Gasteiger partial charge in [0, 0.05) is 42.0 Å². The largest absolute Gasteiger partial charge is 0.497 e. The lowest BCUT2D eigenvalue weighted by Crippen LogP contribution is -2.58. The number of ether oxygens (including phenoxy) is 3. The molecule has 2 fully saturated rings. The van der Waals surface area contributed by atoms with E-state index in [9.17, 15) is 29.1 Å². The molecular weight excluding hydrogens is 682 g/mol. The molecule has 5 rings (SSSR count). The van der Waals surface area contributed by atoms with Crippen LogP contribution in [0.25, 0.3) is 22.2 Å². The first-order chi connectivity index (χ1) is 25.2. The molecule has 53 heavy (non-hydrogen) atoms. The minimum Gasteiger partial charge on any atom is -0.497 e. The van der Waals surface area contributed by atoms with E-state index in [1.165, 1.54) is 23.1 Å². The third-order valence-electron chi connectivity index (χ3n) is 9.01. The summed E-state index contributed by atoms with van der Waals surface area (Å²) in [5, 5.41) is 18.5. The highest BCUT2D eigenvalue weighted by Crippen LogP contribution is 2.45. The van der Waals surface area contributed by atoms with Gasteiger partial charge in [0.05, 0.1) is 24.9 Å². The van der Waals surface area contributed by atoms with Crippen LogP contribution < -0.4 is 25.4 Å². The number of rotatable bonds is 13. The van der Waals surface area contributed by atoms with Crippen LogP contribution in [-0.2, 0) is 23.9 Å². The van der Waals surface area contributed by atoms with Crippen molar-refractivity contribution in [2.24, 2.45) is 5.92 Å². The SMILES string of the molecule is C=C[C@@H]1C[C@]1(NC(=O)[C@@H]1C[C@@H](Oc2cc(-c3ccccc3)nc3cc(OC)ccc23)CN1C(=O)[C@H](CNC(=O)/C=C/C)NC(=O)OC(C)(C)C)C(=O)O. The highest BCUT2D eigenvalue weighted by Gasteiger charge is 2.61. The Kier molecular flexibility index (Phi) is 11.4. The van der Waals surface area contributed by atoms with Gasteiger partial charge in [-0.1, -0.05) is 42.5 Å². The van der Waals surface area contributed by atoms with Crippen LogP contribution in [0.5, 0.6) is 11.5 Å². The van der Waals surface area contributed by atoms with Gasteiger partial charge in [0.2, 0.25) is 17.7 Å². The van der Waals surface area contributed by atoms with Crippen molar-refractivity contribution in [3.63, 3.8) is 0 Å². The van der Waals surface area contributed by atoms with Crippen LogP contribution in [0.2, 0.25) is 0 Å². The number of nitrogens with zero attached hydrogens (tertiary/aromatic N) is 2. The van der Waals surface area contributed by atoms with Gasteiger partial charge in [-0.05, 0) is 52.3 Å². The first-order valence-corrected chi connectivity index (χ1v) is 17.3. The number of amides is 4. The predicted octanol–water partition coefficient (Wildman–Crippen LogP) is 3.99. The zero-order chi connectivity index (χ0) is 38.5. The molecule has 14 nitrogen and oxygen atoms in total. The Bertz CT molecular complexity index is 1930. The number of hydrogen-bond acceptors (Lipinski definition) is 9. The van der Waals surface area contributed by atoms with Crippen LogP contribution in [0.1, 0.15) is 40.5 Å². The maximum Gasteiger partial charge on any atom is 0.408 e. The molecule has 1 aliphatic carbocycles. The van der Waals surface area contributed by atoms with Gasteiger partial charge < -0.3 is 40.2 Å². The van der Waals surface area contributed by atoms with Gasteiger partial charge in [0.15, 0.2) is 0 Å². The Hall–Kier alpha value is -5.92. The van der Waals surface area contributed by atoms with Gasteiger partial charge >= 0.3 is 12.1 Å². The van der Waals surface area contributed by atoms with Crippen molar-refractivity contribution < 1.29 is 43.3 Å². The standard InChI is InChI=1S/C39H45N5O9/c1-7-12-33(45)40-21-30(42-37(50)53-38(3,4)5)35(47)44-22-26(18-31(44)34(46)43-39(36(48)49)20-24(39)8-2)52-32-19-28(23-13-10-9-11-14-23)41-29-17-25(51-6)15-16-27(29)32/h7-17,19,24,26,30-31H,2,18,20-22H2,1,3-6H3,(H,40,45)(H,42,50)(H,43,46)(H,48,49)/b12-7+/t24-,26-,30+,31+,39-/m1/s1. The normalized spacial score (nSPS) is 21.4. The quantitative estimate of drug-likeness (QED) is 0.148. The number of benzene rings is 2. The predicted molar refractivity (Wildman–Crippen MR) is 196 cm³/mol. The molecule has 3 aromatic rings. The van der Waals surface area contributed by atoms with Crippen LogP contribution in [0.15, 0.2) is 79.4 Å². The molecule has 1 saturated carbocycles. The van der Waals surface area contributed by atoms with Gasteiger partial charge in [-0.15, -0.1) is 6.58 Å². The molecule has 2 heterocycles. The molecular formula is C39H45N5O9. The molecule has 2 aromatic carbocycles. The van der Waals surface area contributed by atoms with Crippen LogP contribution in [0, 0.1) is 5.92 Å². The number of carboxylic acids is 1. The number of aromatic nitrogens is 1. The second-order valence-electron chi connectivity index (χ2n) is 14.0. The van der Waals surface area contributed by atoms with E-state index in [4.69, 9.17) is 19.2 Å². The fourth-order valence-corrected chi connectivity index (χ4v) is 6.29. The zero-order valence-electron chi connectivity index (χ0n) is 30.4. The van der Waals surface area contributed by atoms with E-state index >= 15 is 0 Å². The number of methoxy groups -OCH3 is 1. The summed E-state index contributed by atoms with van der Waals surface area (Å²) in [6.45, 7) is 9.89. The lowest BCUT2D eigenvalue weighted by Gasteiger charge is -2.30. The first-order valence-electron chi connectivity index (χ1n) is 17.3. The molecule has 14 heteroatoms. The molecule has 0 radical (unpaired) electrons. The number of carbonyl (C=O) groups is 5. The van der Waals surface area contributed by atoms with Crippen molar-refractivity contribution in [1.29, 1.82) is 0 Å². The summed E-state index contributed by atoms with van der Waals surface area (Å²) in [4.78, 5) is 72.1. The summed E-state index contributed by atoms with van der Waals surface area (Å²) in [5.41, 5.74) is -0.418. The van der Waals surface area contributed by atoms with Crippen LogP contribution in [-0.4, -0.2) is 94.3 Å². The second-order valence-corrected chi connectivity index (χ2v) is 14.0. The Labute approximate surface area is 307 Å². The Morgan fingerprint density at radius 1 is 1.11 bits per heavy atom. The summed E-state index contributed by atoms with van der Waals surface area (Å²) >= 11 is 0. The minimum absolute atomic E-state index is 0.0171. The highest BCUT2D eigenvalue weighted by molar-refractivity contribution is 5.97. The number of carboxylic acid groups (broad SMARTS) is 1. The summed E-state index contributed by atoms with van der Waals surface area (Å²) < 4.78 is 17.4. The van der Waals surface area contributed by atoms with Crippen molar-refractivity contribution in [3.05, 3.63) is 79.4 Å². The average molecular weight is 728 g/mol. The second kappa shape index (κ2) is 15.8. The number of fused-ring (bicyclic) bond motifs is 1. The highest BCUT2D eigenvalue weighted by atomic mass is 16.6. The smallest absolute Gasteiger partial charge is 0.408 e. The third kappa shape index (κ3) is 8.94.